The average Bonchev–Trinajstić information content (AvgIpc) is 3.73. The maximum atomic E-state index is 6.23. The van der Waals surface area contributed by atoms with Crippen molar-refractivity contribution in [1.29, 1.82) is 0 Å². The van der Waals surface area contributed by atoms with Crippen LogP contribution in [-0.4, -0.2) is 15.0 Å². The third kappa shape index (κ3) is 4.64. The molecule has 4 nitrogen and oxygen atoms in total. The average molecular weight is 656 g/mol. The summed E-state index contributed by atoms with van der Waals surface area (Å²) in [5.41, 5.74) is 11.5. The Morgan fingerprint density at radius 3 is 1.55 bits per heavy atom. The molecule has 0 radical (unpaired) electrons. The summed E-state index contributed by atoms with van der Waals surface area (Å²) in [5.74, 6) is 1.85. The topological polar surface area (TPSA) is 51.8 Å². The molecule has 0 N–H and O–H groups in total. The van der Waals surface area contributed by atoms with Crippen LogP contribution >= 0.6 is 0 Å². The molecule has 0 bridgehead atoms. The lowest BCUT2D eigenvalue weighted by atomic mass is 9.67. The molecular formula is C47H33N3O. The van der Waals surface area contributed by atoms with E-state index in [1.165, 1.54) is 33.4 Å². The number of hydrogen-bond donors (Lipinski definition) is 0. The number of nitrogens with zero attached hydrogens (tertiary/aromatic N) is 3. The van der Waals surface area contributed by atoms with Crippen LogP contribution in [0.5, 0.6) is 0 Å². The molecule has 0 fully saturated rings. The summed E-state index contributed by atoms with van der Waals surface area (Å²) < 4.78 is 6.23. The van der Waals surface area contributed by atoms with Crippen LogP contribution in [0, 0.1) is 0 Å². The molecule has 0 unspecified atom stereocenters. The molecule has 4 heteroatoms. The summed E-state index contributed by atoms with van der Waals surface area (Å²) in [6.45, 7) is 0. The first-order valence-corrected chi connectivity index (χ1v) is 16.9. The van der Waals surface area contributed by atoms with E-state index in [0.717, 1.165) is 38.6 Å². The van der Waals surface area contributed by atoms with Crippen molar-refractivity contribution in [2.45, 2.75) is 12.8 Å². The molecule has 51 heavy (non-hydrogen) atoms. The lowest BCUT2D eigenvalue weighted by Gasteiger charge is -2.34. The van der Waals surface area contributed by atoms with Crippen molar-refractivity contribution in [1.82, 2.24) is 15.0 Å². The zero-order chi connectivity index (χ0) is 33.1. The minimum Gasteiger partial charge on any atom is -0.456 e. The number of furan rings is 1. The van der Waals surface area contributed by atoms with Gasteiger partial charge in [-0.05, 0) is 45.5 Å². The van der Waals surface area contributed by atoms with Gasteiger partial charge in [0.1, 0.15) is 11.2 Å². The van der Waals surface area contributed by atoms with Crippen molar-refractivity contribution in [2.24, 2.45) is 0 Å². The molecule has 0 atom stereocenters. The highest BCUT2D eigenvalue weighted by Crippen LogP contribution is 2.56. The molecule has 10 rings (SSSR count). The van der Waals surface area contributed by atoms with Gasteiger partial charge in [-0.2, -0.15) is 0 Å². The smallest absolute Gasteiger partial charge is 0.164 e. The number of fused-ring (bicyclic) bond motifs is 6. The Bertz CT molecular complexity index is 2650. The lowest BCUT2D eigenvalue weighted by molar-refractivity contribution is 0.669. The van der Waals surface area contributed by atoms with E-state index in [4.69, 9.17) is 19.4 Å². The Hall–Kier alpha value is -6.65. The fourth-order valence-electron chi connectivity index (χ4n) is 7.88. The van der Waals surface area contributed by atoms with Crippen LogP contribution in [0.3, 0.4) is 0 Å². The highest BCUT2D eigenvalue weighted by molar-refractivity contribution is 6.11. The number of hydrogen-bond acceptors (Lipinski definition) is 4. The van der Waals surface area contributed by atoms with E-state index < -0.39 is 5.41 Å². The van der Waals surface area contributed by atoms with Crippen LogP contribution < -0.4 is 0 Å². The Balaban J connectivity index is 0.00000348. The van der Waals surface area contributed by atoms with E-state index in [9.17, 15) is 0 Å². The molecule has 242 valence electrons. The third-order valence-electron chi connectivity index (χ3n) is 10.0. The second-order valence-corrected chi connectivity index (χ2v) is 12.7. The maximum Gasteiger partial charge on any atom is 0.164 e. The standard InChI is InChI=1S/C46H29N3O.CH4/c1-3-14-30(15-4-1)43-47-44(49-45(48-43)37-21-13-25-41-42(37)36-20-9-12-24-40(36)50-41)31-26-28-33(29-27-31)46(32-16-5-2-6-17-32)38-22-10-7-18-34(38)35-19-8-11-23-39(35)46;/h1-29H;1H4. The van der Waals surface area contributed by atoms with Gasteiger partial charge >= 0.3 is 0 Å². The van der Waals surface area contributed by atoms with Gasteiger partial charge in [-0.15, -0.1) is 0 Å². The molecule has 0 amide bonds. The zero-order valence-electron chi connectivity index (χ0n) is 27.0. The first kappa shape index (κ1) is 30.4. The van der Waals surface area contributed by atoms with Gasteiger partial charge in [0.2, 0.25) is 0 Å². The summed E-state index contributed by atoms with van der Waals surface area (Å²) in [7, 11) is 0. The van der Waals surface area contributed by atoms with Crippen molar-refractivity contribution >= 4 is 21.9 Å². The molecule has 7 aromatic carbocycles. The molecular weight excluding hydrogens is 623 g/mol. The van der Waals surface area contributed by atoms with Crippen LogP contribution in [0.2, 0.25) is 0 Å². The second kappa shape index (κ2) is 12.0. The molecule has 0 aliphatic heterocycles. The Kier molecular flexibility index (Phi) is 7.18. The van der Waals surface area contributed by atoms with Crippen molar-refractivity contribution in [3.63, 3.8) is 0 Å². The van der Waals surface area contributed by atoms with Crippen molar-refractivity contribution < 1.29 is 4.42 Å². The quantitative estimate of drug-likeness (QED) is 0.185. The van der Waals surface area contributed by atoms with E-state index in [0.29, 0.717) is 17.5 Å². The lowest BCUT2D eigenvalue weighted by Crippen LogP contribution is -2.28. The highest BCUT2D eigenvalue weighted by atomic mass is 16.3. The molecule has 1 aliphatic carbocycles. The van der Waals surface area contributed by atoms with Gasteiger partial charge in [0.05, 0.1) is 5.41 Å². The SMILES string of the molecule is C.c1ccc(-c2nc(-c3ccc(C4(c5ccccc5)c5ccccc5-c5ccccc54)cc3)nc(-c3cccc4oc5ccccc5c34)n2)cc1. The van der Waals surface area contributed by atoms with Gasteiger partial charge in [0.15, 0.2) is 17.5 Å². The predicted octanol–water partition coefficient (Wildman–Crippen LogP) is 11.8. The normalized spacial score (nSPS) is 12.7. The monoisotopic (exact) mass is 655 g/mol. The number of rotatable bonds is 5. The van der Waals surface area contributed by atoms with Gasteiger partial charge in [-0.3, -0.25) is 0 Å². The first-order chi connectivity index (χ1) is 24.8. The van der Waals surface area contributed by atoms with Crippen molar-refractivity contribution in [3.8, 4) is 45.3 Å². The molecule has 0 saturated carbocycles. The van der Waals surface area contributed by atoms with Gasteiger partial charge in [0, 0.05) is 27.5 Å². The fourth-order valence-corrected chi connectivity index (χ4v) is 7.88. The van der Waals surface area contributed by atoms with Crippen molar-refractivity contribution in [3.05, 3.63) is 198 Å². The minimum atomic E-state index is -0.468. The largest absolute Gasteiger partial charge is 0.456 e. The van der Waals surface area contributed by atoms with Crippen LogP contribution in [0.25, 0.3) is 67.2 Å². The van der Waals surface area contributed by atoms with Crippen LogP contribution in [0.15, 0.2) is 180 Å². The fraction of sp³-hybridized carbons (Fsp3) is 0.0426. The third-order valence-corrected chi connectivity index (χ3v) is 10.0. The van der Waals surface area contributed by atoms with Crippen LogP contribution in [0.1, 0.15) is 29.7 Å². The van der Waals surface area contributed by atoms with E-state index >= 15 is 0 Å². The number of aromatic nitrogens is 3. The molecule has 1 aliphatic rings. The zero-order valence-corrected chi connectivity index (χ0v) is 27.0. The summed E-state index contributed by atoms with van der Waals surface area (Å²) in [5, 5.41) is 2.03. The van der Waals surface area contributed by atoms with Gasteiger partial charge in [-0.1, -0.05) is 171 Å². The van der Waals surface area contributed by atoms with Crippen LogP contribution in [-0.2, 0) is 5.41 Å². The van der Waals surface area contributed by atoms with E-state index in [2.05, 4.69) is 115 Å². The predicted molar refractivity (Wildman–Crippen MR) is 207 cm³/mol. The summed E-state index contributed by atoms with van der Waals surface area (Å²) in [4.78, 5) is 15.3. The maximum absolute atomic E-state index is 6.23. The van der Waals surface area contributed by atoms with Gasteiger partial charge < -0.3 is 4.42 Å². The molecule has 0 spiro atoms. The van der Waals surface area contributed by atoms with Gasteiger partial charge in [0.25, 0.3) is 0 Å². The van der Waals surface area contributed by atoms with Crippen LogP contribution in [0.4, 0.5) is 0 Å². The number of para-hydroxylation sites is 1. The highest BCUT2D eigenvalue weighted by Gasteiger charge is 2.45. The van der Waals surface area contributed by atoms with E-state index in [1.807, 2.05) is 60.7 Å². The molecule has 2 heterocycles. The Morgan fingerprint density at radius 2 is 0.863 bits per heavy atom. The minimum absolute atomic E-state index is 0. The number of benzene rings is 7. The van der Waals surface area contributed by atoms with Gasteiger partial charge in [-0.25, -0.2) is 15.0 Å². The van der Waals surface area contributed by atoms with E-state index in [1.54, 1.807) is 0 Å². The van der Waals surface area contributed by atoms with E-state index in [-0.39, 0.29) is 7.43 Å². The van der Waals surface area contributed by atoms with Crippen molar-refractivity contribution in [2.75, 3.05) is 0 Å². The molecule has 9 aromatic rings. The summed E-state index contributed by atoms with van der Waals surface area (Å²) in [6.07, 6.45) is 0. The first-order valence-electron chi connectivity index (χ1n) is 16.9. The Morgan fingerprint density at radius 1 is 0.373 bits per heavy atom. The molecule has 0 saturated heterocycles. The Labute approximate surface area is 296 Å². The summed E-state index contributed by atoms with van der Waals surface area (Å²) in [6, 6.07) is 61.6. The summed E-state index contributed by atoms with van der Waals surface area (Å²) >= 11 is 0. The molecule has 2 aromatic heterocycles. The second-order valence-electron chi connectivity index (χ2n) is 12.7.